The zero-order valence-corrected chi connectivity index (χ0v) is 15.5. The molecule has 5 heteroatoms. The molecule has 1 saturated heterocycles. The van der Waals surface area contributed by atoms with E-state index in [0.717, 1.165) is 36.9 Å². The van der Waals surface area contributed by atoms with E-state index in [1.54, 1.807) is 0 Å². The van der Waals surface area contributed by atoms with Crippen LogP contribution < -0.4 is 5.32 Å². The van der Waals surface area contributed by atoms with E-state index in [4.69, 9.17) is 0 Å². The molecule has 1 aromatic carbocycles. The normalized spacial score (nSPS) is 19.5. The van der Waals surface area contributed by atoms with E-state index in [1.807, 2.05) is 43.0 Å². The number of nitrogens with zero attached hydrogens (tertiary/aromatic N) is 2. The summed E-state index contributed by atoms with van der Waals surface area (Å²) in [4.78, 5) is 6.98. The number of nitrogens with one attached hydrogen (secondary N) is 1. The summed E-state index contributed by atoms with van der Waals surface area (Å²) >= 11 is 2.01. The van der Waals surface area contributed by atoms with E-state index in [9.17, 15) is 5.11 Å². The maximum atomic E-state index is 10.4. The standard InChI is InChI=1S/C18H29N3OS/c1-5-19-17(21-10-11-23-18(3,4)13-21)20-12-16(22)15-8-6-14(2)7-9-15/h6-9,16,22H,5,10-13H2,1-4H3,(H,19,20). The average molecular weight is 336 g/mol. The van der Waals surface area contributed by atoms with Crippen LogP contribution in [0.15, 0.2) is 29.3 Å². The third-order valence-corrected chi connectivity index (χ3v) is 5.23. The smallest absolute Gasteiger partial charge is 0.194 e. The lowest BCUT2D eigenvalue weighted by atomic mass is 10.1. The summed E-state index contributed by atoms with van der Waals surface area (Å²) in [6.07, 6.45) is -0.559. The van der Waals surface area contributed by atoms with Gasteiger partial charge in [-0.05, 0) is 33.3 Å². The molecule has 1 fully saturated rings. The van der Waals surface area contributed by atoms with Crippen LogP contribution in [0.2, 0.25) is 0 Å². The van der Waals surface area contributed by atoms with Crippen LogP contribution in [0.25, 0.3) is 0 Å². The van der Waals surface area contributed by atoms with Gasteiger partial charge in [0.05, 0.1) is 12.6 Å². The van der Waals surface area contributed by atoms with E-state index in [-0.39, 0.29) is 4.75 Å². The maximum absolute atomic E-state index is 10.4. The minimum absolute atomic E-state index is 0.240. The molecule has 1 unspecified atom stereocenters. The van der Waals surface area contributed by atoms with E-state index >= 15 is 0 Å². The van der Waals surface area contributed by atoms with E-state index in [1.165, 1.54) is 5.56 Å². The molecule has 0 spiro atoms. The van der Waals surface area contributed by atoms with Crippen LogP contribution in [0.4, 0.5) is 0 Å². The highest BCUT2D eigenvalue weighted by molar-refractivity contribution is 8.00. The number of rotatable bonds is 4. The monoisotopic (exact) mass is 335 g/mol. The SMILES string of the molecule is CCNC(=NCC(O)c1ccc(C)cc1)N1CCSC(C)(C)C1. The predicted molar refractivity (Wildman–Crippen MR) is 100 cm³/mol. The molecule has 1 heterocycles. The lowest BCUT2D eigenvalue weighted by Gasteiger charge is -2.39. The fourth-order valence-corrected chi connectivity index (χ4v) is 3.80. The van der Waals surface area contributed by atoms with Crippen LogP contribution >= 0.6 is 11.8 Å². The summed E-state index contributed by atoms with van der Waals surface area (Å²) in [6.45, 7) is 11.9. The second-order valence-corrected chi connectivity index (χ2v) is 8.45. The van der Waals surface area contributed by atoms with Gasteiger partial charge in [-0.3, -0.25) is 4.99 Å². The molecule has 1 atom stereocenters. The zero-order chi connectivity index (χ0) is 16.9. The van der Waals surface area contributed by atoms with Crippen molar-refractivity contribution in [1.82, 2.24) is 10.2 Å². The zero-order valence-electron chi connectivity index (χ0n) is 14.7. The first-order valence-corrected chi connectivity index (χ1v) is 9.31. The van der Waals surface area contributed by atoms with Crippen LogP contribution in [0.3, 0.4) is 0 Å². The van der Waals surface area contributed by atoms with E-state index in [0.29, 0.717) is 6.54 Å². The Morgan fingerprint density at radius 2 is 2.09 bits per heavy atom. The quantitative estimate of drug-likeness (QED) is 0.656. The first kappa shape index (κ1) is 18.1. The Morgan fingerprint density at radius 3 is 2.70 bits per heavy atom. The van der Waals surface area contributed by atoms with Crippen LogP contribution in [0.5, 0.6) is 0 Å². The molecule has 128 valence electrons. The molecule has 0 aromatic heterocycles. The molecule has 0 radical (unpaired) electrons. The fraction of sp³-hybridized carbons (Fsp3) is 0.611. The number of aliphatic hydroxyl groups is 1. The molecule has 0 aliphatic carbocycles. The van der Waals surface area contributed by atoms with Crippen LogP contribution in [0.1, 0.15) is 38.0 Å². The second-order valence-electron chi connectivity index (χ2n) is 6.65. The van der Waals surface area contributed by atoms with Crippen molar-refractivity contribution < 1.29 is 5.11 Å². The van der Waals surface area contributed by atoms with E-state index < -0.39 is 6.10 Å². The van der Waals surface area contributed by atoms with Gasteiger partial charge in [0.15, 0.2) is 5.96 Å². The number of hydrogen-bond acceptors (Lipinski definition) is 3. The minimum Gasteiger partial charge on any atom is -0.386 e. The first-order chi connectivity index (χ1) is 10.9. The molecule has 2 N–H and O–H groups in total. The fourth-order valence-electron chi connectivity index (χ4n) is 2.69. The van der Waals surface area contributed by atoms with Crippen molar-refractivity contribution in [2.45, 2.75) is 38.5 Å². The van der Waals surface area contributed by atoms with Crippen molar-refractivity contribution in [1.29, 1.82) is 0 Å². The summed E-state index contributed by atoms with van der Waals surface area (Å²) in [6, 6.07) is 8.00. The third-order valence-electron chi connectivity index (χ3n) is 3.94. The van der Waals surface area contributed by atoms with Crippen molar-refractivity contribution in [2.24, 2.45) is 4.99 Å². The van der Waals surface area contributed by atoms with Gasteiger partial charge in [0.25, 0.3) is 0 Å². The predicted octanol–water partition coefficient (Wildman–Crippen LogP) is 2.82. The number of thioether (sulfide) groups is 1. The summed E-state index contributed by atoms with van der Waals surface area (Å²) in [5.74, 6) is 2.02. The van der Waals surface area contributed by atoms with Gasteiger partial charge in [0.2, 0.25) is 0 Å². The van der Waals surface area contributed by atoms with Crippen molar-refractivity contribution in [3.05, 3.63) is 35.4 Å². The topological polar surface area (TPSA) is 47.9 Å². The largest absolute Gasteiger partial charge is 0.386 e. The number of benzene rings is 1. The summed E-state index contributed by atoms with van der Waals surface area (Å²) in [7, 11) is 0. The molecule has 0 saturated carbocycles. The van der Waals surface area contributed by atoms with Gasteiger partial charge in [0, 0.05) is 30.1 Å². The molecule has 1 aliphatic heterocycles. The third kappa shape index (κ3) is 5.43. The van der Waals surface area contributed by atoms with Crippen LogP contribution in [-0.2, 0) is 0 Å². The molecule has 0 amide bonds. The Hall–Kier alpha value is -1.20. The molecular weight excluding hydrogens is 306 g/mol. The second kappa shape index (κ2) is 8.06. The number of guanidine groups is 1. The lowest BCUT2D eigenvalue weighted by molar-refractivity contribution is 0.186. The maximum Gasteiger partial charge on any atom is 0.194 e. The highest BCUT2D eigenvalue weighted by atomic mass is 32.2. The Labute approximate surface area is 144 Å². The Morgan fingerprint density at radius 1 is 1.39 bits per heavy atom. The summed E-state index contributed by atoms with van der Waals surface area (Å²) < 4.78 is 0.240. The number of aryl methyl sites for hydroxylation is 1. The first-order valence-electron chi connectivity index (χ1n) is 8.33. The average Bonchev–Trinajstić information content (AvgIpc) is 2.50. The number of aliphatic hydroxyl groups excluding tert-OH is 1. The molecular formula is C18H29N3OS. The Bertz CT molecular complexity index is 528. The van der Waals surface area contributed by atoms with Crippen molar-refractivity contribution in [3.63, 3.8) is 0 Å². The van der Waals surface area contributed by atoms with Crippen molar-refractivity contribution in [3.8, 4) is 0 Å². The van der Waals surface area contributed by atoms with Gasteiger partial charge >= 0.3 is 0 Å². The number of aliphatic imine (C=N–C) groups is 1. The number of hydrogen-bond donors (Lipinski definition) is 2. The van der Waals surface area contributed by atoms with Gasteiger partial charge in [-0.15, -0.1) is 0 Å². The molecule has 1 aliphatic rings. The van der Waals surface area contributed by atoms with Crippen molar-refractivity contribution in [2.75, 3.05) is 31.9 Å². The molecule has 1 aromatic rings. The Kier molecular flexibility index (Phi) is 6.36. The summed E-state index contributed by atoms with van der Waals surface area (Å²) in [5, 5.41) is 13.7. The highest BCUT2D eigenvalue weighted by Crippen LogP contribution is 2.29. The minimum atomic E-state index is -0.559. The summed E-state index contributed by atoms with van der Waals surface area (Å²) in [5.41, 5.74) is 2.12. The van der Waals surface area contributed by atoms with Gasteiger partial charge in [-0.25, -0.2) is 0 Å². The van der Waals surface area contributed by atoms with Gasteiger partial charge < -0.3 is 15.3 Å². The van der Waals surface area contributed by atoms with Gasteiger partial charge in [0.1, 0.15) is 0 Å². The molecule has 2 rings (SSSR count). The molecule has 23 heavy (non-hydrogen) atoms. The van der Waals surface area contributed by atoms with Crippen LogP contribution in [-0.4, -0.2) is 52.6 Å². The van der Waals surface area contributed by atoms with E-state index in [2.05, 4.69) is 36.0 Å². The van der Waals surface area contributed by atoms with Gasteiger partial charge in [-0.2, -0.15) is 11.8 Å². The van der Waals surface area contributed by atoms with Crippen LogP contribution in [0, 0.1) is 6.92 Å². The highest BCUT2D eigenvalue weighted by Gasteiger charge is 2.28. The van der Waals surface area contributed by atoms with Gasteiger partial charge in [-0.1, -0.05) is 29.8 Å². The lowest BCUT2D eigenvalue weighted by Crippen LogP contribution is -2.51. The molecule has 0 bridgehead atoms. The van der Waals surface area contributed by atoms with Crippen molar-refractivity contribution >= 4 is 17.7 Å². The molecule has 4 nitrogen and oxygen atoms in total. The Balaban J connectivity index is 2.04.